The third kappa shape index (κ3) is 4.46. The highest BCUT2D eigenvalue weighted by atomic mass is 31.1. The van der Waals surface area contributed by atoms with Gasteiger partial charge in [0.1, 0.15) is 5.60 Å². The summed E-state index contributed by atoms with van der Waals surface area (Å²) in [5, 5.41) is 0. The molecule has 0 aromatic carbocycles. The predicted octanol–water partition coefficient (Wildman–Crippen LogP) is 2.65. The summed E-state index contributed by atoms with van der Waals surface area (Å²) >= 11 is 0. The fourth-order valence-corrected chi connectivity index (χ4v) is 2.50. The van der Waals surface area contributed by atoms with Crippen molar-refractivity contribution in [2.24, 2.45) is 4.99 Å². The summed E-state index contributed by atoms with van der Waals surface area (Å²) in [6.07, 6.45) is -0.550. The van der Waals surface area contributed by atoms with Crippen molar-refractivity contribution in [2.45, 2.75) is 45.7 Å². The Bertz CT molecular complexity index is 413. The second-order valence-electron chi connectivity index (χ2n) is 5.38. The number of hydrogen-bond acceptors (Lipinski definition) is 6. The molecule has 0 aliphatic carbocycles. The maximum absolute atomic E-state index is 12.2. The van der Waals surface area contributed by atoms with E-state index in [-0.39, 0.29) is 19.0 Å². The molecule has 1 amide bonds. The van der Waals surface area contributed by atoms with E-state index in [1.807, 2.05) is 0 Å². The first kappa shape index (κ1) is 18.0. The number of amides is 1. The first-order valence-corrected chi connectivity index (χ1v) is 7.78. The van der Waals surface area contributed by atoms with Crippen LogP contribution in [-0.2, 0) is 18.8 Å². The lowest BCUT2D eigenvalue weighted by Gasteiger charge is -2.32. The van der Waals surface area contributed by atoms with Gasteiger partial charge in [0.25, 0.3) is 0 Å². The highest BCUT2D eigenvalue weighted by Crippen LogP contribution is 2.32. The quantitative estimate of drug-likeness (QED) is 0.556. The average molecular weight is 318 g/mol. The molecule has 0 bridgehead atoms. The summed E-state index contributed by atoms with van der Waals surface area (Å²) in [5.74, 6) is 0.192. The zero-order valence-corrected chi connectivity index (χ0v) is 14.1. The molecule has 0 fully saturated rings. The molecule has 0 radical (unpaired) electrons. The van der Waals surface area contributed by atoms with Crippen molar-refractivity contribution in [3.8, 4) is 0 Å². The summed E-state index contributed by atoms with van der Waals surface area (Å²) in [7, 11) is -0.406. The zero-order chi connectivity index (χ0) is 16.1. The van der Waals surface area contributed by atoms with E-state index in [1.54, 1.807) is 34.6 Å². The molecule has 0 aromatic rings. The minimum Gasteiger partial charge on any atom is -0.443 e. The molecule has 0 unspecified atom stereocenters. The molecular formula is C13H23N2O5P. The average Bonchev–Trinajstić information content (AvgIpc) is 2.86. The van der Waals surface area contributed by atoms with Crippen molar-refractivity contribution < 1.29 is 23.6 Å². The Kier molecular flexibility index (Phi) is 6.25. The van der Waals surface area contributed by atoms with Crippen LogP contribution in [0.25, 0.3) is 0 Å². The van der Waals surface area contributed by atoms with Crippen molar-refractivity contribution in [1.82, 2.24) is 4.90 Å². The van der Waals surface area contributed by atoms with Gasteiger partial charge in [0.2, 0.25) is 8.46 Å². The van der Waals surface area contributed by atoms with E-state index in [1.165, 1.54) is 4.90 Å². The molecule has 0 saturated carbocycles. The summed E-state index contributed by atoms with van der Waals surface area (Å²) in [5.41, 5.74) is -2.18. The van der Waals surface area contributed by atoms with Crippen LogP contribution in [0, 0.1) is 0 Å². The van der Waals surface area contributed by atoms with Crippen LogP contribution in [0.3, 0.4) is 0 Å². The van der Waals surface area contributed by atoms with Gasteiger partial charge >= 0.3 is 11.6 Å². The molecule has 1 aliphatic rings. The Hall–Kier alpha value is -1.04. The lowest BCUT2D eigenvalue weighted by molar-refractivity contribution is -0.127. The number of carbonyl (C=O) groups is 1. The minimum atomic E-state index is -1.56. The third-order valence-corrected chi connectivity index (χ3v) is 3.24. The Morgan fingerprint density at radius 3 is 2.29 bits per heavy atom. The molecule has 0 spiro atoms. The van der Waals surface area contributed by atoms with Crippen LogP contribution < -0.4 is 0 Å². The molecule has 1 aliphatic heterocycles. The van der Waals surface area contributed by atoms with E-state index < -0.39 is 25.7 Å². The van der Waals surface area contributed by atoms with Gasteiger partial charge in [-0.15, -0.1) is 0 Å². The van der Waals surface area contributed by atoms with E-state index in [4.69, 9.17) is 14.2 Å². The fraction of sp³-hybridized carbons (Fsp3) is 0.846. The van der Waals surface area contributed by atoms with Crippen LogP contribution >= 0.6 is 8.46 Å². The number of ether oxygens (including phenoxy) is 3. The van der Waals surface area contributed by atoms with Crippen LogP contribution in [0.5, 0.6) is 0 Å². The second kappa shape index (κ2) is 7.29. The van der Waals surface area contributed by atoms with E-state index in [0.29, 0.717) is 13.1 Å². The van der Waals surface area contributed by atoms with Crippen molar-refractivity contribution in [3.63, 3.8) is 0 Å². The van der Waals surface area contributed by atoms with E-state index in [9.17, 15) is 9.36 Å². The van der Waals surface area contributed by atoms with Gasteiger partial charge in [0.05, 0.1) is 13.1 Å². The monoisotopic (exact) mass is 318 g/mol. The Morgan fingerprint density at radius 1 is 1.29 bits per heavy atom. The Labute approximate surface area is 126 Å². The van der Waals surface area contributed by atoms with Gasteiger partial charge in [0, 0.05) is 13.2 Å². The topological polar surface area (TPSA) is 77.4 Å². The van der Waals surface area contributed by atoms with Gasteiger partial charge < -0.3 is 14.2 Å². The lowest BCUT2D eigenvalue weighted by Crippen LogP contribution is -2.50. The standard InChI is InChI=1S/C13H23N2O5P/c1-6-18-13(21-17,19-7-2)10-14-8-9-15(10)11(16)20-12(3,4)5/h6-9H2,1-5H3. The highest BCUT2D eigenvalue weighted by molar-refractivity contribution is 7.27. The summed E-state index contributed by atoms with van der Waals surface area (Å²) in [6.45, 7) is 10.1. The third-order valence-electron chi connectivity index (χ3n) is 2.54. The SMILES string of the molecule is CCOC(OCC)(P=O)C1=NCCN1C(=O)OC(C)(C)C. The van der Waals surface area contributed by atoms with Crippen molar-refractivity contribution >= 4 is 20.4 Å². The van der Waals surface area contributed by atoms with Gasteiger partial charge in [-0.05, 0) is 34.6 Å². The molecule has 1 rings (SSSR count). The van der Waals surface area contributed by atoms with Crippen molar-refractivity contribution in [3.05, 3.63) is 0 Å². The first-order valence-electron chi connectivity index (χ1n) is 6.97. The number of nitrogens with zero attached hydrogens (tertiary/aromatic N) is 2. The molecule has 120 valence electrons. The van der Waals surface area contributed by atoms with Gasteiger partial charge in [-0.1, -0.05) is 0 Å². The van der Waals surface area contributed by atoms with Crippen molar-refractivity contribution in [2.75, 3.05) is 26.3 Å². The summed E-state index contributed by atoms with van der Waals surface area (Å²) in [4.78, 5) is 17.8. The second-order valence-corrected chi connectivity index (χ2v) is 6.15. The van der Waals surface area contributed by atoms with Gasteiger partial charge in [-0.2, -0.15) is 0 Å². The number of carbonyl (C=O) groups excluding carboxylic acids is 1. The largest absolute Gasteiger partial charge is 0.443 e. The lowest BCUT2D eigenvalue weighted by atomic mass is 10.2. The summed E-state index contributed by atoms with van der Waals surface area (Å²) in [6, 6.07) is 0. The maximum Gasteiger partial charge on any atom is 0.415 e. The molecular weight excluding hydrogens is 295 g/mol. The van der Waals surface area contributed by atoms with Crippen LogP contribution in [-0.4, -0.2) is 54.3 Å². The number of aliphatic imine (C=N–C) groups is 1. The predicted molar refractivity (Wildman–Crippen MR) is 78.8 cm³/mol. The maximum atomic E-state index is 12.2. The Morgan fingerprint density at radius 2 is 1.86 bits per heavy atom. The van der Waals surface area contributed by atoms with E-state index >= 15 is 0 Å². The van der Waals surface area contributed by atoms with Gasteiger partial charge in [0.15, 0.2) is 5.84 Å². The molecule has 7 nitrogen and oxygen atoms in total. The molecule has 8 heteroatoms. The van der Waals surface area contributed by atoms with Gasteiger partial charge in [-0.3, -0.25) is 14.5 Å². The van der Waals surface area contributed by atoms with Crippen LogP contribution in [0.1, 0.15) is 34.6 Å². The smallest absolute Gasteiger partial charge is 0.415 e. The molecule has 0 aromatic heterocycles. The number of amidine groups is 1. The van der Waals surface area contributed by atoms with Crippen LogP contribution in [0.2, 0.25) is 0 Å². The van der Waals surface area contributed by atoms with E-state index in [2.05, 4.69) is 4.99 Å². The molecule has 0 atom stereocenters. The molecule has 21 heavy (non-hydrogen) atoms. The minimum absolute atomic E-state index is 0.192. The number of rotatable bonds is 6. The number of hydrogen-bond donors (Lipinski definition) is 0. The molecule has 1 heterocycles. The van der Waals surface area contributed by atoms with Gasteiger partial charge in [-0.25, -0.2) is 4.79 Å². The Balaban J connectivity index is 3.01. The summed E-state index contributed by atoms with van der Waals surface area (Å²) < 4.78 is 27.9. The van der Waals surface area contributed by atoms with Crippen LogP contribution in [0.15, 0.2) is 4.99 Å². The van der Waals surface area contributed by atoms with Crippen LogP contribution in [0.4, 0.5) is 4.79 Å². The van der Waals surface area contributed by atoms with E-state index in [0.717, 1.165) is 0 Å². The zero-order valence-electron chi connectivity index (χ0n) is 13.2. The highest BCUT2D eigenvalue weighted by Gasteiger charge is 2.47. The first-order chi connectivity index (χ1) is 9.79. The fourth-order valence-electron chi connectivity index (χ4n) is 1.87. The molecule has 0 saturated heterocycles. The van der Waals surface area contributed by atoms with Crippen molar-refractivity contribution in [1.29, 1.82) is 0 Å². The molecule has 0 N–H and O–H groups in total. The normalized spacial score (nSPS) is 16.2.